The van der Waals surface area contributed by atoms with Crippen molar-refractivity contribution < 1.29 is 9.47 Å². The fourth-order valence-electron chi connectivity index (χ4n) is 2.12. The van der Waals surface area contributed by atoms with Crippen LogP contribution in [-0.2, 0) is 6.61 Å². The zero-order valence-electron chi connectivity index (χ0n) is 11.1. The van der Waals surface area contributed by atoms with E-state index in [2.05, 4.69) is 11.4 Å². The van der Waals surface area contributed by atoms with Gasteiger partial charge in [-0.1, -0.05) is 6.07 Å². The van der Waals surface area contributed by atoms with Crippen LogP contribution in [0.25, 0.3) is 10.1 Å². The molecule has 0 amide bonds. The second kappa shape index (κ2) is 5.43. The molecular weight excluding hydrogens is 270 g/mol. The molecule has 0 bridgehead atoms. The van der Waals surface area contributed by atoms with E-state index < -0.39 is 0 Å². The SMILES string of the molecule is COc1ccc(OCc2csc3cccc(N)c23)cc1. The summed E-state index contributed by atoms with van der Waals surface area (Å²) >= 11 is 1.69. The van der Waals surface area contributed by atoms with Gasteiger partial charge in [0.2, 0.25) is 0 Å². The zero-order chi connectivity index (χ0) is 13.9. The van der Waals surface area contributed by atoms with E-state index in [1.54, 1.807) is 18.4 Å². The summed E-state index contributed by atoms with van der Waals surface area (Å²) < 4.78 is 12.1. The van der Waals surface area contributed by atoms with Crippen LogP contribution in [0.1, 0.15) is 5.56 Å². The summed E-state index contributed by atoms with van der Waals surface area (Å²) in [6.45, 7) is 0.514. The standard InChI is InChI=1S/C16H15NO2S/c1-18-12-5-7-13(8-6-12)19-9-11-10-20-15-4-2-3-14(17)16(11)15/h2-8,10H,9,17H2,1H3. The summed E-state index contributed by atoms with van der Waals surface area (Å²) in [5, 5.41) is 3.20. The number of hydrogen-bond donors (Lipinski definition) is 1. The minimum absolute atomic E-state index is 0.514. The number of rotatable bonds is 4. The van der Waals surface area contributed by atoms with Crippen LogP contribution < -0.4 is 15.2 Å². The van der Waals surface area contributed by atoms with Crippen LogP contribution in [0.15, 0.2) is 47.8 Å². The van der Waals surface area contributed by atoms with Crippen molar-refractivity contribution in [3.63, 3.8) is 0 Å². The smallest absolute Gasteiger partial charge is 0.120 e. The number of nitrogens with two attached hydrogens (primary N) is 1. The van der Waals surface area contributed by atoms with E-state index in [-0.39, 0.29) is 0 Å². The number of nitrogen functional groups attached to an aromatic ring is 1. The van der Waals surface area contributed by atoms with Crippen LogP contribution in [0, 0.1) is 0 Å². The van der Waals surface area contributed by atoms with Gasteiger partial charge in [0.05, 0.1) is 7.11 Å². The monoisotopic (exact) mass is 285 g/mol. The van der Waals surface area contributed by atoms with Crippen molar-refractivity contribution >= 4 is 27.1 Å². The third-order valence-corrected chi connectivity index (χ3v) is 4.16. The highest BCUT2D eigenvalue weighted by Gasteiger charge is 2.07. The summed E-state index contributed by atoms with van der Waals surface area (Å²) in [5.74, 6) is 1.64. The first-order chi connectivity index (χ1) is 9.78. The van der Waals surface area contributed by atoms with Gasteiger partial charge in [-0.3, -0.25) is 0 Å². The van der Waals surface area contributed by atoms with Gasteiger partial charge >= 0.3 is 0 Å². The highest BCUT2D eigenvalue weighted by Crippen LogP contribution is 2.31. The van der Waals surface area contributed by atoms with Crippen molar-refractivity contribution in [3.8, 4) is 11.5 Å². The summed E-state index contributed by atoms with van der Waals surface area (Å²) in [6, 6.07) is 13.5. The van der Waals surface area contributed by atoms with Gasteiger partial charge < -0.3 is 15.2 Å². The number of thiophene rings is 1. The third-order valence-electron chi connectivity index (χ3n) is 3.16. The Hall–Kier alpha value is -2.20. The molecule has 0 aliphatic heterocycles. The lowest BCUT2D eigenvalue weighted by Gasteiger charge is -2.07. The topological polar surface area (TPSA) is 44.5 Å². The molecule has 0 unspecified atom stereocenters. The summed E-state index contributed by atoms with van der Waals surface area (Å²) in [6.07, 6.45) is 0. The van der Waals surface area contributed by atoms with Crippen LogP contribution in [0.5, 0.6) is 11.5 Å². The summed E-state index contributed by atoms with van der Waals surface area (Å²) in [7, 11) is 1.65. The maximum atomic E-state index is 6.04. The van der Waals surface area contributed by atoms with E-state index >= 15 is 0 Å². The third kappa shape index (κ3) is 2.42. The van der Waals surface area contributed by atoms with Crippen molar-refractivity contribution in [2.24, 2.45) is 0 Å². The van der Waals surface area contributed by atoms with E-state index in [4.69, 9.17) is 15.2 Å². The van der Waals surface area contributed by atoms with Crippen molar-refractivity contribution in [2.75, 3.05) is 12.8 Å². The normalized spacial score (nSPS) is 10.7. The Bertz CT molecular complexity index is 719. The number of methoxy groups -OCH3 is 1. The summed E-state index contributed by atoms with van der Waals surface area (Å²) in [4.78, 5) is 0. The Balaban J connectivity index is 1.79. The predicted octanol–water partition coefficient (Wildman–Crippen LogP) is 4.07. The molecule has 102 valence electrons. The molecule has 0 fully saturated rings. The van der Waals surface area contributed by atoms with Gasteiger partial charge in [0.1, 0.15) is 18.1 Å². The number of benzene rings is 2. The minimum Gasteiger partial charge on any atom is -0.497 e. The van der Waals surface area contributed by atoms with E-state index in [0.29, 0.717) is 6.61 Å². The molecule has 0 saturated heterocycles. The van der Waals surface area contributed by atoms with Crippen molar-refractivity contribution in [1.29, 1.82) is 0 Å². The number of fused-ring (bicyclic) bond motifs is 1. The van der Waals surface area contributed by atoms with Gasteiger partial charge in [0.25, 0.3) is 0 Å². The molecule has 1 aromatic heterocycles. The molecule has 0 radical (unpaired) electrons. The zero-order valence-corrected chi connectivity index (χ0v) is 11.9. The van der Waals surface area contributed by atoms with Gasteiger partial charge in [0.15, 0.2) is 0 Å². The lowest BCUT2D eigenvalue weighted by molar-refractivity contribution is 0.307. The van der Waals surface area contributed by atoms with Crippen LogP contribution in [0.4, 0.5) is 5.69 Å². The van der Waals surface area contributed by atoms with Crippen LogP contribution in [0.3, 0.4) is 0 Å². The predicted molar refractivity (Wildman–Crippen MR) is 83.6 cm³/mol. The fraction of sp³-hybridized carbons (Fsp3) is 0.125. The highest BCUT2D eigenvalue weighted by atomic mass is 32.1. The largest absolute Gasteiger partial charge is 0.497 e. The fourth-order valence-corrected chi connectivity index (χ4v) is 3.10. The molecule has 0 saturated carbocycles. The molecule has 3 nitrogen and oxygen atoms in total. The molecule has 20 heavy (non-hydrogen) atoms. The molecular formula is C16H15NO2S. The van der Waals surface area contributed by atoms with Gasteiger partial charge in [-0.25, -0.2) is 0 Å². The quantitative estimate of drug-likeness (QED) is 0.735. The molecule has 0 spiro atoms. The van der Waals surface area contributed by atoms with E-state index in [1.165, 1.54) is 4.70 Å². The first-order valence-corrected chi connectivity index (χ1v) is 7.17. The van der Waals surface area contributed by atoms with E-state index in [9.17, 15) is 0 Å². The van der Waals surface area contributed by atoms with Crippen LogP contribution in [0.2, 0.25) is 0 Å². The molecule has 1 heterocycles. The van der Waals surface area contributed by atoms with Gasteiger partial charge in [-0.2, -0.15) is 0 Å². The van der Waals surface area contributed by atoms with Crippen molar-refractivity contribution in [1.82, 2.24) is 0 Å². The Labute approximate surface area is 121 Å². The second-order valence-electron chi connectivity index (χ2n) is 4.45. The average Bonchev–Trinajstić information content (AvgIpc) is 2.90. The van der Waals surface area contributed by atoms with Crippen LogP contribution >= 0.6 is 11.3 Å². The van der Waals surface area contributed by atoms with Crippen molar-refractivity contribution in [3.05, 3.63) is 53.4 Å². The maximum absolute atomic E-state index is 6.04. The number of ether oxygens (including phenoxy) is 2. The molecule has 2 N–H and O–H groups in total. The molecule has 3 aromatic rings. The first-order valence-electron chi connectivity index (χ1n) is 6.29. The summed E-state index contributed by atoms with van der Waals surface area (Å²) in [5.41, 5.74) is 7.97. The molecule has 0 atom stereocenters. The lowest BCUT2D eigenvalue weighted by atomic mass is 10.1. The molecule has 0 aliphatic carbocycles. The van der Waals surface area contributed by atoms with Gasteiger partial charge in [-0.15, -0.1) is 11.3 Å². The molecule has 4 heteroatoms. The molecule has 0 aliphatic rings. The molecule has 3 rings (SSSR count). The Kier molecular flexibility index (Phi) is 3.48. The van der Waals surface area contributed by atoms with E-state index in [1.807, 2.05) is 36.4 Å². The first kappa shape index (κ1) is 12.8. The van der Waals surface area contributed by atoms with Crippen molar-refractivity contribution in [2.45, 2.75) is 6.61 Å². The number of anilines is 1. The van der Waals surface area contributed by atoms with Gasteiger partial charge in [0, 0.05) is 21.3 Å². The van der Waals surface area contributed by atoms with Crippen LogP contribution in [-0.4, -0.2) is 7.11 Å². The second-order valence-corrected chi connectivity index (χ2v) is 5.36. The average molecular weight is 285 g/mol. The van der Waals surface area contributed by atoms with Gasteiger partial charge in [-0.05, 0) is 41.8 Å². The maximum Gasteiger partial charge on any atom is 0.120 e. The minimum atomic E-state index is 0.514. The molecule has 2 aromatic carbocycles. The number of hydrogen-bond acceptors (Lipinski definition) is 4. The van der Waals surface area contributed by atoms with E-state index in [0.717, 1.165) is 28.1 Å². The lowest BCUT2D eigenvalue weighted by Crippen LogP contribution is -1.96. The Morgan fingerprint density at radius 3 is 2.55 bits per heavy atom. The Morgan fingerprint density at radius 2 is 1.80 bits per heavy atom. The highest BCUT2D eigenvalue weighted by molar-refractivity contribution is 7.17. The Morgan fingerprint density at radius 1 is 1.05 bits per heavy atom.